The summed E-state index contributed by atoms with van der Waals surface area (Å²) in [6.45, 7) is 6.12. The van der Waals surface area contributed by atoms with Crippen molar-refractivity contribution in [3.05, 3.63) is 0 Å². The summed E-state index contributed by atoms with van der Waals surface area (Å²) in [7, 11) is 0. The Hall–Kier alpha value is -1.37. The first-order chi connectivity index (χ1) is 7.85. The Morgan fingerprint density at radius 3 is 2.35 bits per heavy atom. The lowest BCUT2D eigenvalue weighted by Gasteiger charge is -2.28. The molecule has 0 saturated carbocycles. The lowest BCUT2D eigenvalue weighted by molar-refractivity contribution is -0.149. The standard InChI is InChI=1S/C13H20N2O2/c1-10-7-11(16)15(12(17)8-10)6-4-5-13(2,3)9-14/h10H,4-8H2,1-3H3. The maximum Gasteiger partial charge on any atom is 0.229 e. The highest BCUT2D eigenvalue weighted by Crippen LogP contribution is 2.23. The zero-order valence-electron chi connectivity index (χ0n) is 10.8. The average molecular weight is 236 g/mol. The highest BCUT2D eigenvalue weighted by atomic mass is 16.2. The predicted molar refractivity (Wildman–Crippen MR) is 63.7 cm³/mol. The van der Waals surface area contributed by atoms with Gasteiger partial charge in [0.15, 0.2) is 0 Å². The van der Waals surface area contributed by atoms with Gasteiger partial charge in [-0.25, -0.2) is 0 Å². The minimum Gasteiger partial charge on any atom is -0.283 e. The van der Waals surface area contributed by atoms with Gasteiger partial charge in [0.2, 0.25) is 11.8 Å². The van der Waals surface area contributed by atoms with Gasteiger partial charge in [-0.15, -0.1) is 0 Å². The zero-order chi connectivity index (χ0) is 13.1. The van der Waals surface area contributed by atoms with Crippen LogP contribution in [0.15, 0.2) is 0 Å². The van der Waals surface area contributed by atoms with Crippen molar-refractivity contribution in [3.8, 4) is 6.07 Å². The van der Waals surface area contributed by atoms with Gasteiger partial charge in [-0.3, -0.25) is 14.5 Å². The number of likely N-dealkylation sites (tertiary alicyclic amines) is 1. The largest absolute Gasteiger partial charge is 0.283 e. The Bertz CT molecular complexity index is 337. The van der Waals surface area contributed by atoms with Gasteiger partial charge in [0, 0.05) is 19.4 Å². The lowest BCUT2D eigenvalue weighted by atomic mass is 9.89. The Balaban J connectivity index is 2.44. The van der Waals surface area contributed by atoms with Crippen LogP contribution in [0.5, 0.6) is 0 Å². The van der Waals surface area contributed by atoms with Crippen LogP contribution in [0.4, 0.5) is 0 Å². The molecule has 2 amide bonds. The third kappa shape index (κ3) is 3.85. The second kappa shape index (κ2) is 5.31. The third-order valence-electron chi connectivity index (χ3n) is 3.13. The molecule has 4 heteroatoms. The molecule has 0 spiro atoms. The maximum absolute atomic E-state index is 11.7. The molecule has 0 unspecified atom stereocenters. The molecule has 94 valence electrons. The Morgan fingerprint density at radius 1 is 1.35 bits per heavy atom. The Morgan fingerprint density at radius 2 is 1.88 bits per heavy atom. The smallest absolute Gasteiger partial charge is 0.229 e. The molecule has 0 aromatic heterocycles. The van der Waals surface area contributed by atoms with Crippen molar-refractivity contribution >= 4 is 11.8 Å². The van der Waals surface area contributed by atoms with Crippen LogP contribution in [-0.4, -0.2) is 23.3 Å². The normalized spacial score (nSPS) is 18.4. The quantitative estimate of drug-likeness (QED) is 0.702. The van der Waals surface area contributed by atoms with Gasteiger partial charge >= 0.3 is 0 Å². The highest BCUT2D eigenvalue weighted by Gasteiger charge is 2.30. The van der Waals surface area contributed by atoms with E-state index in [-0.39, 0.29) is 23.1 Å². The predicted octanol–water partition coefficient (Wildman–Crippen LogP) is 2.10. The summed E-state index contributed by atoms with van der Waals surface area (Å²) in [6.07, 6.45) is 2.34. The number of hydrogen-bond acceptors (Lipinski definition) is 3. The molecule has 4 nitrogen and oxygen atoms in total. The minimum atomic E-state index is -0.380. The summed E-state index contributed by atoms with van der Waals surface area (Å²) >= 11 is 0. The van der Waals surface area contributed by atoms with Crippen LogP contribution in [-0.2, 0) is 9.59 Å². The summed E-state index contributed by atoms with van der Waals surface area (Å²) in [5, 5.41) is 8.87. The van der Waals surface area contributed by atoms with E-state index in [9.17, 15) is 9.59 Å². The van der Waals surface area contributed by atoms with E-state index in [1.165, 1.54) is 4.90 Å². The summed E-state index contributed by atoms with van der Waals surface area (Å²) in [4.78, 5) is 24.7. The van der Waals surface area contributed by atoms with E-state index in [2.05, 4.69) is 6.07 Å². The van der Waals surface area contributed by atoms with Crippen molar-refractivity contribution in [3.63, 3.8) is 0 Å². The molecule has 0 radical (unpaired) electrons. The van der Waals surface area contributed by atoms with Crippen molar-refractivity contribution in [1.29, 1.82) is 5.26 Å². The van der Waals surface area contributed by atoms with Crippen LogP contribution in [0.3, 0.4) is 0 Å². The SMILES string of the molecule is CC1CC(=O)N(CCCC(C)(C)C#N)C(=O)C1. The van der Waals surface area contributed by atoms with E-state index >= 15 is 0 Å². The Kier molecular flexibility index (Phi) is 4.28. The number of rotatable bonds is 4. The number of nitriles is 1. The molecule has 0 aromatic rings. The van der Waals surface area contributed by atoms with Crippen molar-refractivity contribution in [2.45, 2.75) is 46.5 Å². The number of amides is 2. The van der Waals surface area contributed by atoms with Gasteiger partial charge in [0.25, 0.3) is 0 Å². The summed E-state index contributed by atoms with van der Waals surface area (Å²) in [6, 6.07) is 2.22. The molecule has 0 bridgehead atoms. The van der Waals surface area contributed by atoms with Crippen LogP contribution >= 0.6 is 0 Å². The molecule has 0 N–H and O–H groups in total. The number of hydrogen-bond donors (Lipinski definition) is 0. The van der Waals surface area contributed by atoms with E-state index in [4.69, 9.17) is 5.26 Å². The van der Waals surface area contributed by atoms with E-state index in [0.29, 0.717) is 32.2 Å². The second-order valence-electron chi connectivity index (χ2n) is 5.55. The van der Waals surface area contributed by atoms with Crippen molar-refractivity contribution < 1.29 is 9.59 Å². The minimum absolute atomic E-state index is 0.0662. The first kappa shape index (κ1) is 13.7. The third-order valence-corrected chi connectivity index (χ3v) is 3.13. The van der Waals surface area contributed by atoms with E-state index < -0.39 is 0 Å². The number of imide groups is 1. The highest BCUT2D eigenvalue weighted by molar-refractivity contribution is 5.97. The van der Waals surface area contributed by atoms with Crippen LogP contribution < -0.4 is 0 Å². The van der Waals surface area contributed by atoms with Gasteiger partial charge in [-0.2, -0.15) is 5.26 Å². The topological polar surface area (TPSA) is 61.2 Å². The molecular weight excluding hydrogens is 216 g/mol. The molecule has 1 fully saturated rings. The summed E-state index contributed by atoms with van der Waals surface area (Å²) in [5.74, 6) is 0.0360. The van der Waals surface area contributed by atoms with Crippen LogP contribution in [0.2, 0.25) is 0 Å². The van der Waals surface area contributed by atoms with E-state index in [1.54, 1.807) is 0 Å². The average Bonchev–Trinajstić information content (AvgIpc) is 2.22. The van der Waals surface area contributed by atoms with Crippen LogP contribution in [0.1, 0.15) is 46.5 Å². The molecule has 17 heavy (non-hydrogen) atoms. The summed E-state index contributed by atoms with van der Waals surface area (Å²) < 4.78 is 0. The second-order valence-corrected chi connectivity index (χ2v) is 5.55. The Labute approximate surface area is 103 Å². The van der Waals surface area contributed by atoms with Gasteiger partial charge in [0.05, 0.1) is 11.5 Å². The van der Waals surface area contributed by atoms with E-state index in [0.717, 1.165) is 0 Å². The number of piperidine rings is 1. The molecule has 1 aliphatic heterocycles. The lowest BCUT2D eigenvalue weighted by Crippen LogP contribution is -2.43. The number of carbonyl (C=O) groups excluding carboxylic acids is 2. The van der Waals surface area contributed by atoms with Crippen molar-refractivity contribution in [1.82, 2.24) is 4.90 Å². The fourth-order valence-electron chi connectivity index (χ4n) is 2.01. The van der Waals surface area contributed by atoms with Gasteiger partial charge in [-0.05, 0) is 32.6 Å². The summed E-state index contributed by atoms with van der Waals surface area (Å²) in [5.41, 5.74) is -0.380. The molecule has 1 rings (SSSR count). The van der Waals surface area contributed by atoms with Gasteiger partial charge in [-0.1, -0.05) is 6.92 Å². The fraction of sp³-hybridized carbons (Fsp3) is 0.769. The first-order valence-electron chi connectivity index (χ1n) is 6.10. The van der Waals surface area contributed by atoms with Crippen LogP contribution in [0.25, 0.3) is 0 Å². The number of carbonyl (C=O) groups is 2. The number of nitrogens with zero attached hydrogens (tertiary/aromatic N) is 2. The van der Waals surface area contributed by atoms with Crippen molar-refractivity contribution in [2.75, 3.05) is 6.54 Å². The van der Waals surface area contributed by atoms with Gasteiger partial charge < -0.3 is 0 Å². The first-order valence-corrected chi connectivity index (χ1v) is 6.10. The fourth-order valence-corrected chi connectivity index (χ4v) is 2.01. The molecule has 0 aliphatic carbocycles. The van der Waals surface area contributed by atoms with E-state index in [1.807, 2.05) is 20.8 Å². The zero-order valence-corrected chi connectivity index (χ0v) is 10.8. The van der Waals surface area contributed by atoms with Crippen molar-refractivity contribution in [2.24, 2.45) is 11.3 Å². The molecule has 1 saturated heterocycles. The van der Waals surface area contributed by atoms with Crippen LogP contribution in [0, 0.1) is 22.7 Å². The monoisotopic (exact) mass is 236 g/mol. The maximum atomic E-state index is 11.7. The molecule has 1 heterocycles. The molecule has 0 atom stereocenters. The van der Waals surface area contributed by atoms with Gasteiger partial charge in [0.1, 0.15) is 0 Å². The molecule has 1 aliphatic rings. The molecule has 0 aromatic carbocycles. The molecular formula is C13H20N2O2.